The molecule has 14 heavy (non-hydrogen) atoms. The molecule has 0 fully saturated rings. The molecule has 0 aromatic heterocycles. The molecule has 0 saturated heterocycles. The van der Waals surface area contributed by atoms with E-state index in [2.05, 4.69) is 15.6 Å². The highest BCUT2D eigenvalue weighted by Crippen LogP contribution is 2.08. The summed E-state index contributed by atoms with van der Waals surface area (Å²) in [6.07, 6.45) is 4.56. The van der Waals surface area contributed by atoms with Gasteiger partial charge in [-0.3, -0.25) is 9.79 Å². The van der Waals surface area contributed by atoms with Crippen LogP contribution in [0.2, 0.25) is 0 Å². The Kier molecular flexibility index (Phi) is 2.10. The van der Waals surface area contributed by atoms with Crippen molar-refractivity contribution in [1.82, 2.24) is 10.6 Å². The monoisotopic (exact) mass is 194 g/mol. The molecule has 0 aromatic rings. The first kappa shape index (κ1) is 8.61. The molecule has 6 nitrogen and oxygen atoms in total. The van der Waals surface area contributed by atoms with Gasteiger partial charge in [0, 0.05) is 6.54 Å². The third-order valence-electron chi connectivity index (χ3n) is 1.93. The van der Waals surface area contributed by atoms with Crippen LogP contribution in [0.15, 0.2) is 29.0 Å². The summed E-state index contributed by atoms with van der Waals surface area (Å²) in [5, 5.41) is 5.87. The number of amides is 1. The summed E-state index contributed by atoms with van der Waals surface area (Å²) in [5.41, 5.74) is 5.87. The summed E-state index contributed by atoms with van der Waals surface area (Å²) in [6, 6.07) is -0.450. The molecule has 0 aliphatic carbocycles. The van der Waals surface area contributed by atoms with E-state index >= 15 is 0 Å². The molecule has 1 amide bonds. The number of primary amides is 1. The fourth-order valence-electron chi connectivity index (χ4n) is 1.20. The van der Waals surface area contributed by atoms with Crippen molar-refractivity contribution in [2.75, 3.05) is 6.54 Å². The number of carbonyl (C=O) groups excluding carboxylic acids is 1. The topological polar surface area (TPSA) is 88.7 Å². The molecule has 0 saturated carbocycles. The fourth-order valence-corrected chi connectivity index (χ4v) is 1.20. The number of carbonyl (C=O) groups is 1. The van der Waals surface area contributed by atoms with E-state index in [1.165, 1.54) is 12.5 Å². The highest BCUT2D eigenvalue weighted by molar-refractivity contribution is 5.83. The molecule has 0 bridgehead atoms. The quantitative estimate of drug-likeness (QED) is 0.488. The summed E-state index contributed by atoms with van der Waals surface area (Å²) in [7, 11) is 0. The predicted molar refractivity (Wildman–Crippen MR) is 49.9 cm³/mol. The second-order valence-corrected chi connectivity index (χ2v) is 2.90. The molecule has 2 aliphatic rings. The zero-order chi connectivity index (χ0) is 9.97. The van der Waals surface area contributed by atoms with Gasteiger partial charge in [0.05, 0.1) is 12.4 Å². The molecule has 0 spiro atoms. The Morgan fingerprint density at radius 2 is 2.57 bits per heavy atom. The number of aliphatic imine (C=N–C) groups is 1. The van der Waals surface area contributed by atoms with Gasteiger partial charge in [-0.05, 0) is 0 Å². The predicted octanol–water partition coefficient (Wildman–Crippen LogP) is -1.23. The first-order valence-electron chi connectivity index (χ1n) is 4.16. The molecule has 6 heteroatoms. The van der Waals surface area contributed by atoms with Crippen molar-refractivity contribution >= 4 is 12.1 Å². The fraction of sp³-hybridized carbons (Fsp3) is 0.250. The number of ether oxygens (including phenoxy) is 1. The number of nitrogens with one attached hydrogen (secondary N) is 2. The average Bonchev–Trinajstić information content (AvgIpc) is 2.41. The zero-order valence-electron chi connectivity index (χ0n) is 7.36. The van der Waals surface area contributed by atoms with Crippen LogP contribution in [0, 0.1) is 0 Å². The van der Waals surface area contributed by atoms with Crippen LogP contribution >= 0.6 is 0 Å². The summed E-state index contributed by atoms with van der Waals surface area (Å²) in [4.78, 5) is 14.8. The van der Waals surface area contributed by atoms with E-state index in [4.69, 9.17) is 10.5 Å². The van der Waals surface area contributed by atoms with Crippen LogP contribution in [-0.4, -0.2) is 24.7 Å². The second kappa shape index (κ2) is 3.41. The summed E-state index contributed by atoms with van der Waals surface area (Å²) >= 11 is 0. The van der Waals surface area contributed by atoms with E-state index in [0.717, 1.165) is 0 Å². The van der Waals surface area contributed by atoms with Crippen molar-refractivity contribution < 1.29 is 9.53 Å². The van der Waals surface area contributed by atoms with Crippen LogP contribution in [0.3, 0.4) is 0 Å². The van der Waals surface area contributed by atoms with E-state index in [9.17, 15) is 4.79 Å². The molecule has 1 atom stereocenters. The van der Waals surface area contributed by atoms with Gasteiger partial charge in [0.25, 0.3) is 0 Å². The summed E-state index contributed by atoms with van der Waals surface area (Å²) in [6.45, 7) is 0.434. The van der Waals surface area contributed by atoms with Crippen LogP contribution in [0.5, 0.6) is 0 Å². The van der Waals surface area contributed by atoms with Crippen molar-refractivity contribution in [1.29, 1.82) is 0 Å². The normalized spacial score (nSPS) is 24.1. The van der Waals surface area contributed by atoms with Crippen LogP contribution in [0.4, 0.5) is 0 Å². The standard InChI is InChI=1S/C8H10N4O2/c9-7(13)5-4-11-6-3-10-1-2-14-8(6)12-5/h1-3,5,11-12H,4H2,(H2,9,13). The lowest BCUT2D eigenvalue weighted by molar-refractivity contribution is -0.120. The second-order valence-electron chi connectivity index (χ2n) is 2.90. The smallest absolute Gasteiger partial charge is 0.241 e. The van der Waals surface area contributed by atoms with Crippen molar-refractivity contribution in [2.45, 2.75) is 6.04 Å². The van der Waals surface area contributed by atoms with Gasteiger partial charge in [0.15, 0.2) is 0 Å². The van der Waals surface area contributed by atoms with Gasteiger partial charge in [0.2, 0.25) is 11.8 Å². The van der Waals surface area contributed by atoms with Gasteiger partial charge >= 0.3 is 0 Å². The maximum atomic E-state index is 10.9. The minimum atomic E-state index is -0.450. The Bertz CT molecular complexity index is 345. The molecule has 74 valence electrons. The van der Waals surface area contributed by atoms with Gasteiger partial charge in [-0.25, -0.2) is 0 Å². The number of hydrogen-bond donors (Lipinski definition) is 3. The summed E-state index contributed by atoms with van der Waals surface area (Å²) in [5.74, 6) is 0.0513. The van der Waals surface area contributed by atoms with E-state index < -0.39 is 11.9 Å². The number of allylic oxidation sites excluding steroid dienone is 1. The maximum absolute atomic E-state index is 10.9. The first-order valence-corrected chi connectivity index (χ1v) is 4.16. The Morgan fingerprint density at radius 1 is 1.71 bits per heavy atom. The van der Waals surface area contributed by atoms with Gasteiger partial charge < -0.3 is 21.1 Å². The van der Waals surface area contributed by atoms with Crippen molar-refractivity contribution in [2.24, 2.45) is 10.7 Å². The average molecular weight is 194 g/mol. The number of nitrogens with zero attached hydrogens (tertiary/aromatic N) is 1. The van der Waals surface area contributed by atoms with Gasteiger partial charge in [-0.2, -0.15) is 0 Å². The molecule has 2 aliphatic heterocycles. The van der Waals surface area contributed by atoms with Crippen LogP contribution in [0.1, 0.15) is 0 Å². The van der Waals surface area contributed by atoms with Crippen LogP contribution in [-0.2, 0) is 9.53 Å². The Morgan fingerprint density at radius 3 is 3.36 bits per heavy atom. The van der Waals surface area contributed by atoms with Crippen molar-refractivity contribution in [3.8, 4) is 0 Å². The molecule has 0 aromatic carbocycles. The zero-order valence-corrected chi connectivity index (χ0v) is 7.36. The molecular formula is C8H10N4O2. The van der Waals surface area contributed by atoms with Crippen LogP contribution in [0.25, 0.3) is 0 Å². The SMILES string of the molecule is NC(=O)C1CNC2=C(N1)OC=CN=C2. The first-order chi connectivity index (χ1) is 6.77. The minimum absolute atomic E-state index is 0.419. The lowest BCUT2D eigenvalue weighted by Gasteiger charge is -2.25. The van der Waals surface area contributed by atoms with Crippen molar-refractivity contribution in [3.05, 3.63) is 24.0 Å². The Labute approximate surface area is 80.5 Å². The molecule has 2 heterocycles. The largest absolute Gasteiger partial charge is 0.445 e. The van der Waals surface area contributed by atoms with E-state index in [1.54, 1.807) is 6.21 Å². The molecule has 4 N–H and O–H groups in total. The van der Waals surface area contributed by atoms with E-state index in [1.807, 2.05) is 0 Å². The highest BCUT2D eigenvalue weighted by atomic mass is 16.5. The molecule has 2 rings (SSSR count). The van der Waals surface area contributed by atoms with Gasteiger partial charge in [-0.15, -0.1) is 0 Å². The lowest BCUT2D eigenvalue weighted by atomic mass is 10.2. The molecule has 0 radical (unpaired) electrons. The minimum Gasteiger partial charge on any atom is -0.445 e. The Balaban J connectivity index is 2.18. The number of hydrogen-bond acceptors (Lipinski definition) is 5. The maximum Gasteiger partial charge on any atom is 0.241 e. The lowest BCUT2D eigenvalue weighted by Crippen LogP contribution is -2.52. The van der Waals surface area contributed by atoms with Gasteiger partial charge in [0.1, 0.15) is 18.0 Å². The Hall–Kier alpha value is -1.98. The van der Waals surface area contributed by atoms with Crippen LogP contribution < -0.4 is 16.4 Å². The third kappa shape index (κ3) is 1.54. The number of rotatable bonds is 1. The van der Waals surface area contributed by atoms with Crippen molar-refractivity contribution in [3.63, 3.8) is 0 Å². The van der Waals surface area contributed by atoms with E-state index in [0.29, 0.717) is 18.1 Å². The van der Waals surface area contributed by atoms with Gasteiger partial charge in [-0.1, -0.05) is 0 Å². The third-order valence-corrected chi connectivity index (χ3v) is 1.93. The number of nitrogens with two attached hydrogens (primary N) is 1. The summed E-state index contributed by atoms with van der Waals surface area (Å²) < 4.78 is 5.18. The molecule has 1 unspecified atom stereocenters. The highest BCUT2D eigenvalue weighted by Gasteiger charge is 2.24. The molecular weight excluding hydrogens is 184 g/mol. The van der Waals surface area contributed by atoms with E-state index in [-0.39, 0.29) is 0 Å².